The molecule has 158 valence electrons. The molecule has 0 unspecified atom stereocenters. The number of rotatable bonds is 7. The Labute approximate surface area is 176 Å². The molecule has 3 rings (SSSR count). The summed E-state index contributed by atoms with van der Waals surface area (Å²) in [6, 6.07) is 10.6. The predicted molar refractivity (Wildman–Crippen MR) is 113 cm³/mol. The van der Waals surface area contributed by atoms with Gasteiger partial charge in [0.1, 0.15) is 11.4 Å². The highest BCUT2D eigenvalue weighted by Crippen LogP contribution is 2.32. The van der Waals surface area contributed by atoms with Gasteiger partial charge in [0, 0.05) is 0 Å². The molecule has 9 heteroatoms. The molecule has 0 aromatic heterocycles. The predicted octanol–water partition coefficient (Wildman–Crippen LogP) is 4.89. The van der Waals surface area contributed by atoms with Crippen LogP contribution in [0, 0.1) is 0 Å². The van der Waals surface area contributed by atoms with Crippen LogP contribution in [0.3, 0.4) is 0 Å². The van der Waals surface area contributed by atoms with Gasteiger partial charge in [-0.3, -0.25) is 9.69 Å². The lowest BCUT2D eigenvalue weighted by atomic mass is 10.1. The zero-order valence-electron chi connectivity index (χ0n) is 16.3. The number of aliphatic imine (C=N–C) groups is 1. The molecule has 0 aliphatic carbocycles. The Hall–Kier alpha value is -3.07. The Morgan fingerprint density at radius 1 is 1.20 bits per heavy atom. The molecule has 1 heterocycles. The molecule has 1 amide bonds. The number of anilines is 1. The maximum absolute atomic E-state index is 13.0. The zero-order valence-corrected chi connectivity index (χ0v) is 17.2. The van der Waals surface area contributed by atoms with Crippen molar-refractivity contribution in [3.05, 3.63) is 53.7 Å². The minimum Gasteiger partial charge on any atom is -0.504 e. The van der Waals surface area contributed by atoms with E-state index in [9.17, 15) is 18.7 Å². The monoisotopic (exact) mass is 434 g/mol. The number of aromatic hydroxyl groups is 1. The molecule has 2 aromatic rings. The van der Waals surface area contributed by atoms with E-state index < -0.39 is 6.61 Å². The summed E-state index contributed by atoms with van der Waals surface area (Å²) < 4.78 is 34.5. The number of nitrogens with zero attached hydrogens (tertiary/aromatic N) is 2. The number of halogens is 2. The van der Waals surface area contributed by atoms with Crippen molar-refractivity contribution in [3.63, 3.8) is 0 Å². The molecule has 6 nitrogen and oxygen atoms in total. The number of phenolic OH excluding ortho intramolecular Hbond substituents is 1. The molecule has 0 radical (unpaired) electrons. The molecular formula is C21H20F2N2O4S. The van der Waals surface area contributed by atoms with E-state index in [1.165, 1.54) is 47.0 Å². The van der Waals surface area contributed by atoms with Gasteiger partial charge in [-0.25, -0.2) is 4.99 Å². The molecule has 0 spiro atoms. The molecule has 0 saturated heterocycles. The summed E-state index contributed by atoms with van der Waals surface area (Å²) in [6.45, 7) is 1.21. The van der Waals surface area contributed by atoms with E-state index in [0.717, 1.165) is 0 Å². The minimum atomic E-state index is -2.92. The number of benzene rings is 2. The molecule has 1 aliphatic heterocycles. The largest absolute Gasteiger partial charge is 0.504 e. The van der Waals surface area contributed by atoms with Crippen LogP contribution in [0.25, 0.3) is 6.08 Å². The normalized spacial score (nSPS) is 15.1. The fourth-order valence-corrected chi connectivity index (χ4v) is 3.51. The third kappa shape index (κ3) is 4.91. The van der Waals surface area contributed by atoms with Crippen LogP contribution in [0.1, 0.15) is 19.4 Å². The molecule has 0 bridgehead atoms. The van der Waals surface area contributed by atoms with E-state index in [0.29, 0.717) is 34.5 Å². The van der Waals surface area contributed by atoms with Crippen LogP contribution in [0.2, 0.25) is 0 Å². The van der Waals surface area contributed by atoms with Crippen LogP contribution in [-0.2, 0) is 4.79 Å². The van der Waals surface area contributed by atoms with E-state index in [1.54, 1.807) is 25.1 Å². The Bertz CT molecular complexity index is 977. The summed E-state index contributed by atoms with van der Waals surface area (Å²) in [4.78, 5) is 18.9. The van der Waals surface area contributed by atoms with Crippen LogP contribution in [-0.4, -0.2) is 35.2 Å². The molecule has 1 aliphatic rings. The van der Waals surface area contributed by atoms with Crippen molar-refractivity contribution in [1.82, 2.24) is 0 Å². The van der Waals surface area contributed by atoms with Crippen molar-refractivity contribution >= 4 is 34.6 Å². The highest BCUT2D eigenvalue weighted by atomic mass is 32.2. The summed E-state index contributed by atoms with van der Waals surface area (Å²) in [6.07, 6.45) is 1.61. The van der Waals surface area contributed by atoms with Gasteiger partial charge in [0.15, 0.2) is 16.7 Å². The fourth-order valence-electron chi connectivity index (χ4n) is 2.78. The molecule has 0 fully saturated rings. The second-order valence-electron chi connectivity index (χ2n) is 6.03. The molecule has 30 heavy (non-hydrogen) atoms. The first-order valence-corrected chi connectivity index (χ1v) is 10.2. The highest BCUT2D eigenvalue weighted by molar-refractivity contribution is 8.14. The van der Waals surface area contributed by atoms with Crippen molar-refractivity contribution in [1.29, 1.82) is 0 Å². The fraction of sp³-hybridized carbons (Fsp3) is 0.238. The lowest BCUT2D eigenvalue weighted by Gasteiger charge is -2.17. The van der Waals surface area contributed by atoms with Crippen molar-refractivity contribution in [2.45, 2.75) is 20.5 Å². The number of hydrogen-bond donors (Lipinski definition) is 1. The number of alkyl halides is 2. The topological polar surface area (TPSA) is 71.4 Å². The van der Waals surface area contributed by atoms with Crippen molar-refractivity contribution in [2.75, 3.05) is 17.3 Å². The van der Waals surface area contributed by atoms with Crippen LogP contribution >= 0.6 is 11.8 Å². The average Bonchev–Trinajstić information content (AvgIpc) is 3.00. The molecule has 0 saturated carbocycles. The average molecular weight is 434 g/mol. The van der Waals surface area contributed by atoms with Gasteiger partial charge < -0.3 is 14.6 Å². The quantitative estimate of drug-likeness (QED) is 0.629. The van der Waals surface area contributed by atoms with Gasteiger partial charge in [-0.15, -0.1) is 0 Å². The van der Waals surface area contributed by atoms with Gasteiger partial charge >= 0.3 is 6.61 Å². The summed E-state index contributed by atoms with van der Waals surface area (Å²) in [7, 11) is 0. The van der Waals surface area contributed by atoms with Gasteiger partial charge in [0.05, 0.1) is 12.3 Å². The van der Waals surface area contributed by atoms with Crippen molar-refractivity contribution in [2.24, 2.45) is 4.99 Å². The number of phenols is 1. The van der Waals surface area contributed by atoms with Crippen LogP contribution in [0.15, 0.2) is 53.2 Å². The lowest BCUT2D eigenvalue weighted by molar-refractivity contribution is -0.113. The number of carbonyl (C=O) groups is 1. The third-order valence-electron chi connectivity index (χ3n) is 4.01. The minimum absolute atomic E-state index is 0.00495. The first-order chi connectivity index (χ1) is 14.4. The zero-order chi connectivity index (χ0) is 21.7. The second kappa shape index (κ2) is 9.62. The number of thioether (sulfide) groups is 1. The number of carbonyl (C=O) groups excluding carboxylic acids is 1. The van der Waals surface area contributed by atoms with E-state index in [2.05, 4.69) is 9.73 Å². The summed E-state index contributed by atoms with van der Waals surface area (Å²) >= 11 is 1.39. The number of ether oxygens (including phenoxy) is 2. The maximum atomic E-state index is 13.0. The number of amidine groups is 1. The van der Waals surface area contributed by atoms with Gasteiger partial charge in [-0.2, -0.15) is 8.78 Å². The standard InChI is InChI=1S/C21H20F2N2O4S/c1-3-28-18-12-13(5-10-17(18)26)11-16-19(27)25(21(24-16)30-4-2)14-6-8-15(9-7-14)29-20(22)23/h5-12,20,26H,3-4H2,1-2H3/b16-11+. The molecule has 2 aromatic carbocycles. The van der Waals surface area contributed by atoms with E-state index in [-0.39, 0.29) is 23.1 Å². The van der Waals surface area contributed by atoms with Crippen molar-refractivity contribution in [3.8, 4) is 17.2 Å². The van der Waals surface area contributed by atoms with Gasteiger partial charge in [0.25, 0.3) is 5.91 Å². The van der Waals surface area contributed by atoms with Gasteiger partial charge in [0.2, 0.25) is 0 Å². The highest BCUT2D eigenvalue weighted by Gasteiger charge is 2.31. The van der Waals surface area contributed by atoms with E-state index in [4.69, 9.17) is 4.74 Å². The van der Waals surface area contributed by atoms with Crippen LogP contribution in [0.5, 0.6) is 17.2 Å². The molecule has 0 atom stereocenters. The Morgan fingerprint density at radius 3 is 2.57 bits per heavy atom. The number of hydrogen-bond acceptors (Lipinski definition) is 6. The Kier molecular flexibility index (Phi) is 6.94. The van der Waals surface area contributed by atoms with E-state index >= 15 is 0 Å². The Morgan fingerprint density at radius 2 is 1.93 bits per heavy atom. The van der Waals surface area contributed by atoms with E-state index in [1.807, 2.05) is 6.92 Å². The smallest absolute Gasteiger partial charge is 0.387 e. The van der Waals surface area contributed by atoms with Crippen LogP contribution < -0.4 is 14.4 Å². The molecule has 1 N–H and O–H groups in total. The van der Waals surface area contributed by atoms with Gasteiger partial charge in [-0.1, -0.05) is 24.8 Å². The third-order valence-corrected chi connectivity index (χ3v) is 4.83. The summed E-state index contributed by atoms with van der Waals surface area (Å²) in [5, 5.41) is 10.3. The second-order valence-corrected chi connectivity index (χ2v) is 7.26. The van der Waals surface area contributed by atoms with Gasteiger partial charge in [-0.05, 0) is 60.7 Å². The first-order valence-electron chi connectivity index (χ1n) is 9.21. The lowest BCUT2D eigenvalue weighted by Crippen LogP contribution is -2.30. The number of amides is 1. The summed E-state index contributed by atoms with van der Waals surface area (Å²) in [5.74, 6) is 0.673. The van der Waals surface area contributed by atoms with Crippen molar-refractivity contribution < 1.29 is 28.2 Å². The summed E-state index contributed by atoms with van der Waals surface area (Å²) in [5.41, 5.74) is 1.35. The maximum Gasteiger partial charge on any atom is 0.387 e. The Balaban J connectivity index is 1.91. The molecular weight excluding hydrogens is 414 g/mol. The van der Waals surface area contributed by atoms with Crippen LogP contribution in [0.4, 0.5) is 14.5 Å². The SMILES string of the molecule is CCOc1cc(/C=C2/N=C(SCC)N(c3ccc(OC(F)F)cc3)C2=O)ccc1O. The first kappa shape index (κ1) is 21.6.